The van der Waals surface area contributed by atoms with Crippen molar-refractivity contribution in [2.75, 3.05) is 12.4 Å². The first-order valence-electron chi connectivity index (χ1n) is 7.96. The van der Waals surface area contributed by atoms with E-state index in [0.717, 1.165) is 29.0 Å². The van der Waals surface area contributed by atoms with Gasteiger partial charge in [-0.2, -0.15) is 0 Å². The van der Waals surface area contributed by atoms with Crippen LogP contribution in [-0.2, 0) is 4.79 Å². The topological polar surface area (TPSA) is 47.6 Å². The maximum atomic E-state index is 13.6. The molecule has 6 heteroatoms. The summed E-state index contributed by atoms with van der Waals surface area (Å²) < 4.78 is 37.7. The number of ether oxygens (including phenoxy) is 2. The number of hydrogen-bond acceptors (Lipinski definition) is 3. The van der Waals surface area contributed by atoms with Crippen molar-refractivity contribution in [1.29, 1.82) is 0 Å². The second-order valence-electron chi connectivity index (χ2n) is 5.75. The summed E-state index contributed by atoms with van der Waals surface area (Å²) in [5, 5.41) is 4.22. The Bertz CT molecular complexity index is 959. The van der Waals surface area contributed by atoms with E-state index in [1.807, 2.05) is 24.3 Å². The number of hydrogen-bond donors (Lipinski definition) is 1. The summed E-state index contributed by atoms with van der Waals surface area (Å²) in [4.78, 5) is 12.2. The average molecular weight is 357 g/mol. The lowest BCUT2D eigenvalue weighted by molar-refractivity contribution is -0.122. The van der Waals surface area contributed by atoms with Crippen LogP contribution in [0.1, 0.15) is 6.92 Å². The fourth-order valence-corrected chi connectivity index (χ4v) is 2.49. The normalized spacial score (nSPS) is 11.8. The smallest absolute Gasteiger partial charge is 0.265 e. The predicted octanol–water partition coefficient (Wildman–Crippen LogP) is 4.53. The molecule has 3 rings (SSSR count). The minimum Gasteiger partial charge on any atom is -0.497 e. The zero-order valence-corrected chi connectivity index (χ0v) is 14.3. The van der Waals surface area contributed by atoms with Crippen molar-refractivity contribution in [2.45, 2.75) is 13.0 Å². The van der Waals surface area contributed by atoms with Crippen molar-refractivity contribution in [3.05, 3.63) is 66.2 Å². The second-order valence-corrected chi connectivity index (χ2v) is 5.75. The minimum absolute atomic E-state index is 0.228. The highest BCUT2D eigenvalue weighted by Crippen LogP contribution is 2.25. The van der Waals surface area contributed by atoms with Gasteiger partial charge in [0.1, 0.15) is 23.1 Å². The Hall–Kier alpha value is -3.15. The predicted molar refractivity (Wildman–Crippen MR) is 95.6 cm³/mol. The first-order valence-corrected chi connectivity index (χ1v) is 7.96. The summed E-state index contributed by atoms with van der Waals surface area (Å²) in [6.45, 7) is 1.53. The number of rotatable bonds is 5. The van der Waals surface area contributed by atoms with E-state index in [-0.39, 0.29) is 5.69 Å². The van der Waals surface area contributed by atoms with E-state index in [1.54, 1.807) is 19.2 Å². The van der Waals surface area contributed by atoms with Crippen molar-refractivity contribution in [3.8, 4) is 11.5 Å². The Labute approximate surface area is 149 Å². The van der Waals surface area contributed by atoms with Crippen LogP contribution in [0, 0.1) is 11.6 Å². The monoisotopic (exact) mass is 357 g/mol. The van der Waals surface area contributed by atoms with E-state index in [0.29, 0.717) is 11.5 Å². The molecule has 0 aliphatic heterocycles. The molecule has 0 aromatic heterocycles. The van der Waals surface area contributed by atoms with E-state index >= 15 is 0 Å². The minimum atomic E-state index is -0.902. The van der Waals surface area contributed by atoms with E-state index in [2.05, 4.69) is 5.32 Å². The van der Waals surface area contributed by atoms with Crippen molar-refractivity contribution >= 4 is 22.4 Å². The quantitative estimate of drug-likeness (QED) is 0.730. The Kier molecular flexibility index (Phi) is 5.02. The number of carbonyl (C=O) groups excluding carboxylic acids is 1. The summed E-state index contributed by atoms with van der Waals surface area (Å²) in [7, 11) is 1.58. The third kappa shape index (κ3) is 3.91. The summed E-state index contributed by atoms with van der Waals surface area (Å²) in [6, 6.07) is 13.9. The van der Waals surface area contributed by atoms with Gasteiger partial charge >= 0.3 is 0 Å². The molecule has 4 nitrogen and oxygen atoms in total. The first kappa shape index (κ1) is 17.7. The van der Waals surface area contributed by atoms with Crippen LogP contribution in [0.25, 0.3) is 10.8 Å². The number of amides is 1. The molecule has 0 radical (unpaired) electrons. The van der Waals surface area contributed by atoms with Gasteiger partial charge in [-0.25, -0.2) is 8.78 Å². The lowest BCUT2D eigenvalue weighted by Crippen LogP contribution is -2.30. The first-order chi connectivity index (χ1) is 12.5. The van der Waals surface area contributed by atoms with Gasteiger partial charge in [-0.15, -0.1) is 0 Å². The molecule has 0 saturated heterocycles. The van der Waals surface area contributed by atoms with Crippen molar-refractivity contribution in [3.63, 3.8) is 0 Å². The van der Waals surface area contributed by atoms with Crippen molar-refractivity contribution in [2.24, 2.45) is 0 Å². The molecule has 0 aliphatic carbocycles. The second kappa shape index (κ2) is 7.39. The van der Waals surface area contributed by atoms with Gasteiger partial charge in [0.2, 0.25) is 0 Å². The fraction of sp³-hybridized carbons (Fsp3) is 0.150. The summed E-state index contributed by atoms with van der Waals surface area (Å²) in [5.41, 5.74) is -0.228. The van der Waals surface area contributed by atoms with Gasteiger partial charge in [0.25, 0.3) is 5.91 Å². The Morgan fingerprint density at radius 3 is 2.38 bits per heavy atom. The molecule has 0 saturated carbocycles. The SMILES string of the molecule is COc1ccc2ccc(O[C@H](C)C(=O)Nc3cc(F)ccc3F)cc2c1. The molecule has 0 aliphatic rings. The highest BCUT2D eigenvalue weighted by molar-refractivity contribution is 5.94. The maximum absolute atomic E-state index is 13.6. The molecular weight excluding hydrogens is 340 g/mol. The highest BCUT2D eigenvalue weighted by atomic mass is 19.1. The third-order valence-electron chi connectivity index (χ3n) is 3.89. The van der Waals surface area contributed by atoms with Crippen molar-refractivity contribution in [1.82, 2.24) is 0 Å². The summed E-state index contributed by atoms with van der Waals surface area (Å²) in [6.07, 6.45) is -0.902. The molecule has 1 amide bonds. The van der Waals surface area contributed by atoms with Crippen LogP contribution in [0.3, 0.4) is 0 Å². The molecule has 1 atom stereocenters. The largest absolute Gasteiger partial charge is 0.497 e. The molecule has 0 unspecified atom stereocenters. The molecule has 0 heterocycles. The van der Waals surface area contributed by atoms with E-state index in [4.69, 9.17) is 9.47 Å². The van der Waals surface area contributed by atoms with Gasteiger partial charge in [-0.3, -0.25) is 4.79 Å². The Morgan fingerprint density at radius 2 is 1.65 bits per heavy atom. The zero-order chi connectivity index (χ0) is 18.7. The zero-order valence-electron chi connectivity index (χ0n) is 14.3. The Balaban J connectivity index is 1.74. The molecule has 0 fully saturated rings. The molecule has 26 heavy (non-hydrogen) atoms. The standard InChI is InChI=1S/C20H17F2NO3/c1-12(20(24)23-19-11-15(21)5-8-18(19)22)26-17-7-4-13-3-6-16(25-2)9-14(13)10-17/h3-12H,1-2H3,(H,23,24)/t12-/m1/s1. The highest BCUT2D eigenvalue weighted by Gasteiger charge is 2.17. The molecule has 3 aromatic rings. The van der Waals surface area contributed by atoms with Gasteiger partial charge in [0.05, 0.1) is 12.8 Å². The number of nitrogens with one attached hydrogen (secondary N) is 1. The molecule has 0 spiro atoms. The van der Waals surface area contributed by atoms with Gasteiger partial charge in [0.15, 0.2) is 6.10 Å². The summed E-state index contributed by atoms with van der Waals surface area (Å²) >= 11 is 0. The average Bonchev–Trinajstić information content (AvgIpc) is 2.64. The number of halogens is 2. The van der Waals surface area contributed by atoms with Crippen LogP contribution in [0.15, 0.2) is 54.6 Å². The van der Waals surface area contributed by atoms with E-state index in [9.17, 15) is 13.6 Å². The number of benzene rings is 3. The molecular formula is C20H17F2NO3. The molecule has 134 valence electrons. The molecule has 3 aromatic carbocycles. The van der Waals surface area contributed by atoms with Gasteiger partial charge in [-0.1, -0.05) is 12.1 Å². The molecule has 0 bridgehead atoms. The third-order valence-corrected chi connectivity index (χ3v) is 3.89. The number of carbonyl (C=O) groups is 1. The van der Waals surface area contributed by atoms with Gasteiger partial charge in [0, 0.05) is 6.07 Å². The van der Waals surface area contributed by atoms with Crippen LogP contribution in [0.5, 0.6) is 11.5 Å². The van der Waals surface area contributed by atoms with E-state index in [1.165, 1.54) is 6.92 Å². The lowest BCUT2D eigenvalue weighted by atomic mass is 10.1. The number of fused-ring (bicyclic) bond motifs is 1. The summed E-state index contributed by atoms with van der Waals surface area (Å²) in [5.74, 6) is -0.751. The molecule has 1 N–H and O–H groups in total. The van der Waals surface area contributed by atoms with Gasteiger partial charge < -0.3 is 14.8 Å². The lowest BCUT2D eigenvalue weighted by Gasteiger charge is -2.15. The Morgan fingerprint density at radius 1 is 0.962 bits per heavy atom. The van der Waals surface area contributed by atoms with Crippen molar-refractivity contribution < 1.29 is 23.0 Å². The van der Waals surface area contributed by atoms with Crippen LogP contribution >= 0.6 is 0 Å². The maximum Gasteiger partial charge on any atom is 0.265 e. The number of anilines is 1. The van der Waals surface area contributed by atoms with Crippen LogP contribution in [-0.4, -0.2) is 19.1 Å². The van der Waals surface area contributed by atoms with Gasteiger partial charge in [-0.05, 0) is 54.1 Å². The van der Waals surface area contributed by atoms with E-state index < -0.39 is 23.6 Å². The van der Waals surface area contributed by atoms with Crippen LogP contribution in [0.4, 0.5) is 14.5 Å². The number of methoxy groups -OCH3 is 1. The van der Waals surface area contributed by atoms with Crippen LogP contribution < -0.4 is 14.8 Å². The van der Waals surface area contributed by atoms with Crippen LogP contribution in [0.2, 0.25) is 0 Å². The fourth-order valence-electron chi connectivity index (χ4n) is 2.49.